The van der Waals surface area contributed by atoms with E-state index in [1.807, 2.05) is 4.90 Å². The summed E-state index contributed by atoms with van der Waals surface area (Å²) in [6, 6.07) is -0.0564. The van der Waals surface area contributed by atoms with E-state index in [-0.39, 0.29) is 18.2 Å². The van der Waals surface area contributed by atoms with Gasteiger partial charge in [-0.2, -0.15) is 18.3 Å². The van der Waals surface area contributed by atoms with Gasteiger partial charge in [-0.15, -0.1) is 0 Å². The second-order valence-corrected chi connectivity index (χ2v) is 7.05. The zero-order chi connectivity index (χ0) is 18.9. The minimum atomic E-state index is -4.65. The summed E-state index contributed by atoms with van der Waals surface area (Å²) in [7, 11) is 0. The molecule has 9 heteroatoms. The highest BCUT2D eigenvalue weighted by Crippen LogP contribution is 2.37. The smallest absolute Gasteiger partial charge is 0.395 e. The van der Waals surface area contributed by atoms with Gasteiger partial charge < -0.3 is 10.0 Å². The molecule has 1 aromatic rings. The van der Waals surface area contributed by atoms with E-state index in [0.29, 0.717) is 38.4 Å². The van der Waals surface area contributed by atoms with E-state index in [1.165, 1.54) is 9.58 Å². The number of rotatable bonds is 4. The molecular formula is C17H25F3N4O2. The summed E-state index contributed by atoms with van der Waals surface area (Å²) >= 11 is 0. The number of piperazine rings is 1. The summed E-state index contributed by atoms with van der Waals surface area (Å²) in [5, 5.41) is 12.8. The third-order valence-electron chi connectivity index (χ3n) is 5.38. The Hall–Kier alpha value is -1.61. The van der Waals surface area contributed by atoms with Crippen molar-refractivity contribution < 1.29 is 23.1 Å². The van der Waals surface area contributed by atoms with E-state index in [2.05, 4.69) is 5.10 Å². The molecule has 1 aliphatic carbocycles. The first-order valence-electron chi connectivity index (χ1n) is 9.11. The topological polar surface area (TPSA) is 61.6 Å². The molecule has 1 aromatic heterocycles. The number of alkyl halides is 3. The Balaban J connectivity index is 1.87. The van der Waals surface area contributed by atoms with Crippen molar-refractivity contribution in [3.63, 3.8) is 0 Å². The number of aromatic nitrogens is 2. The van der Waals surface area contributed by atoms with Crippen molar-refractivity contribution in [2.45, 2.75) is 44.8 Å². The van der Waals surface area contributed by atoms with Crippen LogP contribution in [-0.2, 0) is 6.18 Å². The van der Waals surface area contributed by atoms with Crippen molar-refractivity contribution in [1.82, 2.24) is 19.6 Å². The Bertz CT molecular complexity index is 645. The van der Waals surface area contributed by atoms with Gasteiger partial charge in [0, 0.05) is 38.4 Å². The first-order valence-corrected chi connectivity index (χ1v) is 9.11. The predicted octanol–water partition coefficient (Wildman–Crippen LogP) is 2.08. The van der Waals surface area contributed by atoms with E-state index in [4.69, 9.17) is 5.11 Å². The minimum Gasteiger partial charge on any atom is -0.395 e. The molecule has 1 saturated heterocycles. The molecule has 2 heterocycles. The summed E-state index contributed by atoms with van der Waals surface area (Å²) in [6.45, 7) is 3.89. The molecule has 26 heavy (non-hydrogen) atoms. The van der Waals surface area contributed by atoms with Crippen LogP contribution in [0.4, 0.5) is 13.2 Å². The van der Waals surface area contributed by atoms with Crippen molar-refractivity contribution in [2.24, 2.45) is 0 Å². The van der Waals surface area contributed by atoms with Crippen LogP contribution in [0.2, 0.25) is 0 Å². The summed E-state index contributed by atoms with van der Waals surface area (Å²) in [6.07, 6.45) is -1.11. The van der Waals surface area contributed by atoms with Crippen LogP contribution >= 0.6 is 0 Å². The average Bonchev–Trinajstić information content (AvgIpc) is 3.22. The van der Waals surface area contributed by atoms with E-state index < -0.39 is 17.8 Å². The van der Waals surface area contributed by atoms with E-state index in [1.54, 1.807) is 6.92 Å². The van der Waals surface area contributed by atoms with Gasteiger partial charge in [-0.1, -0.05) is 12.8 Å². The highest BCUT2D eigenvalue weighted by molar-refractivity contribution is 5.96. The fraction of sp³-hybridized carbons (Fsp3) is 0.765. The lowest BCUT2D eigenvalue weighted by molar-refractivity contribution is -0.142. The molecule has 0 atom stereocenters. The van der Waals surface area contributed by atoms with Crippen LogP contribution in [-0.4, -0.2) is 69.9 Å². The van der Waals surface area contributed by atoms with Crippen LogP contribution in [0.15, 0.2) is 0 Å². The maximum atomic E-state index is 13.5. The second-order valence-electron chi connectivity index (χ2n) is 7.05. The van der Waals surface area contributed by atoms with Crippen LogP contribution in [0.5, 0.6) is 0 Å². The van der Waals surface area contributed by atoms with Crippen LogP contribution in [0.3, 0.4) is 0 Å². The van der Waals surface area contributed by atoms with Crippen molar-refractivity contribution in [3.05, 3.63) is 17.0 Å². The minimum absolute atomic E-state index is 0.0272. The molecule has 0 radical (unpaired) electrons. The van der Waals surface area contributed by atoms with Gasteiger partial charge in [0.05, 0.1) is 18.2 Å². The molecule has 2 aliphatic rings. The molecule has 3 rings (SSSR count). The van der Waals surface area contributed by atoms with Crippen molar-refractivity contribution in [1.29, 1.82) is 0 Å². The van der Waals surface area contributed by atoms with Crippen molar-refractivity contribution in [3.8, 4) is 0 Å². The number of β-amino-alcohol motifs (C(OH)–C–C–N with tert-alkyl or cyclic N) is 1. The zero-order valence-electron chi connectivity index (χ0n) is 14.9. The van der Waals surface area contributed by atoms with Gasteiger partial charge in [-0.25, -0.2) is 0 Å². The number of aliphatic hydroxyl groups excluding tert-OH is 1. The molecule has 1 amide bonds. The van der Waals surface area contributed by atoms with Gasteiger partial charge in [0.15, 0.2) is 5.69 Å². The van der Waals surface area contributed by atoms with Crippen LogP contribution in [0.1, 0.15) is 53.5 Å². The number of carbonyl (C=O) groups is 1. The molecule has 6 nitrogen and oxygen atoms in total. The number of nitrogens with zero attached hydrogens (tertiary/aromatic N) is 4. The van der Waals surface area contributed by atoms with Crippen LogP contribution < -0.4 is 0 Å². The molecule has 146 valence electrons. The van der Waals surface area contributed by atoms with Gasteiger partial charge in [0.1, 0.15) is 0 Å². The first kappa shape index (κ1) is 19.2. The van der Waals surface area contributed by atoms with Crippen LogP contribution in [0.25, 0.3) is 0 Å². The number of hydrogen-bond donors (Lipinski definition) is 1. The molecule has 2 fully saturated rings. The normalized spacial score (nSPS) is 20.1. The fourth-order valence-corrected chi connectivity index (χ4v) is 3.95. The van der Waals surface area contributed by atoms with Gasteiger partial charge in [0.2, 0.25) is 0 Å². The zero-order valence-corrected chi connectivity index (χ0v) is 14.9. The second kappa shape index (κ2) is 7.56. The fourth-order valence-electron chi connectivity index (χ4n) is 3.95. The largest absolute Gasteiger partial charge is 0.435 e. The molecule has 1 saturated carbocycles. The lowest BCUT2D eigenvalue weighted by Gasteiger charge is -2.34. The van der Waals surface area contributed by atoms with Crippen LogP contribution in [0, 0.1) is 6.92 Å². The number of amides is 1. The standard InChI is InChI=1S/C17H25F3N4O2/c1-12-14(16(26)23-8-6-22(7-9-23)10-11-25)15(17(18,19)20)21-24(12)13-4-2-3-5-13/h13,25H,2-11H2,1H3. The number of aliphatic hydroxyl groups is 1. The summed E-state index contributed by atoms with van der Waals surface area (Å²) in [4.78, 5) is 16.3. The predicted molar refractivity (Wildman–Crippen MR) is 88.9 cm³/mol. The number of halogens is 3. The number of hydrogen-bond acceptors (Lipinski definition) is 4. The van der Waals surface area contributed by atoms with E-state index >= 15 is 0 Å². The highest BCUT2D eigenvalue weighted by Gasteiger charge is 2.42. The average molecular weight is 374 g/mol. The Morgan fingerprint density at radius 1 is 1.19 bits per heavy atom. The van der Waals surface area contributed by atoms with Gasteiger partial charge in [-0.3, -0.25) is 14.4 Å². The van der Waals surface area contributed by atoms with Gasteiger partial charge >= 0.3 is 6.18 Å². The van der Waals surface area contributed by atoms with E-state index in [0.717, 1.165) is 25.7 Å². The molecule has 0 bridgehead atoms. The Kier molecular flexibility index (Phi) is 5.57. The van der Waals surface area contributed by atoms with Gasteiger partial charge in [0.25, 0.3) is 5.91 Å². The van der Waals surface area contributed by atoms with Crippen molar-refractivity contribution >= 4 is 5.91 Å². The Morgan fingerprint density at radius 2 is 1.81 bits per heavy atom. The molecular weight excluding hydrogens is 349 g/mol. The molecule has 0 aromatic carbocycles. The highest BCUT2D eigenvalue weighted by atomic mass is 19.4. The first-order chi connectivity index (χ1) is 12.3. The Morgan fingerprint density at radius 3 is 2.35 bits per heavy atom. The lowest BCUT2D eigenvalue weighted by Crippen LogP contribution is -2.49. The summed E-state index contributed by atoms with van der Waals surface area (Å²) < 4.78 is 42.0. The molecule has 0 unspecified atom stereocenters. The number of carbonyl (C=O) groups excluding carboxylic acids is 1. The maximum absolute atomic E-state index is 13.5. The molecule has 1 N–H and O–H groups in total. The molecule has 1 aliphatic heterocycles. The SMILES string of the molecule is Cc1c(C(=O)N2CCN(CCO)CC2)c(C(F)(F)F)nn1C1CCCC1. The monoisotopic (exact) mass is 374 g/mol. The quantitative estimate of drug-likeness (QED) is 0.877. The van der Waals surface area contributed by atoms with E-state index in [9.17, 15) is 18.0 Å². The Labute approximate surface area is 150 Å². The van der Waals surface area contributed by atoms with Gasteiger partial charge in [-0.05, 0) is 19.8 Å². The maximum Gasteiger partial charge on any atom is 0.435 e. The third-order valence-corrected chi connectivity index (χ3v) is 5.38. The van der Waals surface area contributed by atoms with Crippen molar-refractivity contribution in [2.75, 3.05) is 39.3 Å². The molecule has 0 spiro atoms. The summed E-state index contributed by atoms with van der Waals surface area (Å²) in [5.74, 6) is -0.595. The summed E-state index contributed by atoms with van der Waals surface area (Å²) in [5.41, 5.74) is -1.06. The third kappa shape index (κ3) is 3.73. The lowest BCUT2D eigenvalue weighted by atomic mass is 10.1.